The Kier molecular flexibility index (Phi) is 3.24. The van der Waals surface area contributed by atoms with Gasteiger partial charge in [0, 0.05) is 5.56 Å². The quantitative estimate of drug-likeness (QED) is 0.835. The number of hydrogen-bond acceptors (Lipinski definition) is 2. The molecule has 0 aromatic heterocycles. The van der Waals surface area contributed by atoms with Gasteiger partial charge in [0.15, 0.2) is 0 Å². The number of nitrogens with one attached hydrogen (secondary N) is 1. The summed E-state index contributed by atoms with van der Waals surface area (Å²) in [4.78, 5) is 16.5. The molecule has 0 bridgehead atoms. The summed E-state index contributed by atoms with van der Waals surface area (Å²) >= 11 is 12.3. The molecule has 0 unspecified atom stereocenters. The molecule has 0 aliphatic carbocycles. The molecule has 0 fully saturated rings. The number of carbonyl (C=O) groups is 1. The molecule has 3 nitrogen and oxygen atoms in total. The lowest BCUT2D eigenvalue weighted by atomic mass is 10.1. The Morgan fingerprint density at radius 2 is 1.80 bits per heavy atom. The second-order valence-corrected chi connectivity index (χ2v) is 5.29. The van der Waals surface area contributed by atoms with Crippen LogP contribution in [0, 0.1) is 6.92 Å². The number of nitrogens with zero attached hydrogens (tertiary/aromatic N) is 1. The van der Waals surface area contributed by atoms with Gasteiger partial charge in [0.1, 0.15) is 5.71 Å². The van der Waals surface area contributed by atoms with Crippen molar-refractivity contribution in [2.45, 2.75) is 6.92 Å². The van der Waals surface area contributed by atoms with Crippen molar-refractivity contribution in [2.24, 2.45) is 4.99 Å². The van der Waals surface area contributed by atoms with Gasteiger partial charge in [-0.05, 0) is 30.7 Å². The van der Waals surface area contributed by atoms with Crippen molar-refractivity contribution in [1.29, 1.82) is 0 Å². The van der Waals surface area contributed by atoms with Crippen LogP contribution in [0.15, 0.2) is 41.4 Å². The fourth-order valence-electron chi connectivity index (χ4n) is 2.13. The van der Waals surface area contributed by atoms with E-state index in [1.54, 1.807) is 18.2 Å². The molecule has 0 saturated carbocycles. The average Bonchev–Trinajstić information content (AvgIpc) is 2.75. The molecule has 2 aromatic rings. The van der Waals surface area contributed by atoms with Crippen molar-refractivity contribution in [3.8, 4) is 0 Å². The Labute approximate surface area is 126 Å². The van der Waals surface area contributed by atoms with E-state index in [0.717, 1.165) is 5.56 Å². The summed E-state index contributed by atoms with van der Waals surface area (Å²) in [6.45, 7) is 1.91. The Bertz CT molecular complexity index is 754. The minimum Gasteiger partial charge on any atom is -0.320 e. The summed E-state index contributed by atoms with van der Waals surface area (Å²) in [5.41, 5.74) is 3.14. The minimum absolute atomic E-state index is 0.267. The predicted molar refractivity (Wildman–Crippen MR) is 82.5 cm³/mol. The number of halogens is 2. The highest BCUT2D eigenvalue weighted by Crippen LogP contribution is 2.35. The summed E-state index contributed by atoms with van der Waals surface area (Å²) in [6.07, 6.45) is 0. The molecule has 0 radical (unpaired) electrons. The number of carbonyl (C=O) groups excluding carboxylic acids is 1. The topological polar surface area (TPSA) is 41.5 Å². The molecule has 1 heterocycles. The third-order valence-corrected chi connectivity index (χ3v) is 3.77. The number of benzene rings is 2. The van der Waals surface area contributed by atoms with Crippen LogP contribution in [0.4, 0.5) is 11.4 Å². The number of anilines is 1. The van der Waals surface area contributed by atoms with Crippen molar-refractivity contribution in [3.05, 3.63) is 57.6 Å². The van der Waals surface area contributed by atoms with Crippen molar-refractivity contribution in [2.75, 3.05) is 5.32 Å². The number of fused-ring (bicyclic) bond motifs is 1. The van der Waals surface area contributed by atoms with Gasteiger partial charge in [0.2, 0.25) is 0 Å². The first kappa shape index (κ1) is 13.2. The van der Waals surface area contributed by atoms with Crippen LogP contribution in [-0.2, 0) is 4.79 Å². The highest BCUT2D eigenvalue weighted by Gasteiger charge is 2.29. The zero-order chi connectivity index (χ0) is 14.3. The van der Waals surface area contributed by atoms with Crippen LogP contribution >= 0.6 is 23.2 Å². The van der Waals surface area contributed by atoms with Crippen molar-refractivity contribution in [3.63, 3.8) is 0 Å². The highest BCUT2D eigenvalue weighted by atomic mass is 35.5. The Balaban J connectivity index is 2.21. The molecule has 0 atom stereocenters. The van der Waals surface area contributed by atoms with E-state index < -0.39 is 0 Å². The molecule has 1 amide bonds. The van der Waals surface area contributed by atoms with Gasteiger partial charge in [0.05, 0.1) is 21.4 Å². The highest BCUT2D eigenvalue weighted by molar-refractivity contribution is 6.57. The monoisotopic (exact) mass is 304 g/mol. The molecule has 20 heavy (non-hydrogen) atoms. The van der Waals surface area contributed by atoms with Crippen molar-refractivity contribution >= 4 is 46.2 Å². The minimum atomic E-state index is -0.267. The predicted octanol–water partition coefficient (Wildman–Crippen LogP) is 4.37. The Morgan fingerprint density at radius 1 is 1.05 bits per heavy atom. The molecule has 3 rings (SSSR count). The van der Waals surface area contributed by atoms with Crippen LogP contribution in [0.1, 0.15) is 11.1 Å². The molecule has 2 aromatic carbocycles. The van der Waals surface area contributed by atoms with E-state index in [2.05, 4.69) is 10.3 Å². The zero-order valence-electron chi connectivity index (χ0n) is 10.6. The third kappa shape index (κ3) is 2.09. The van der Waals surface area contributed by atoms with Crippen molar-refractivity contribution in [1.82, 2.24) is 0 Å². The van der Waals surface area contributed by atoms with E-state index in [1.165, 1.54) is 0 Å². The standard InChI is InChI=1S/C15H10Cl2N2O/c1-8-6-7-10(17)12-13(8)19-15(20)14(12)18-11-5-3-2-4-9(11)16/h2-7H,1H3,(H,18,19,20). The van der Waals surface area contributed by atoms with Gasteiger partial charge in [-0.25, -0.2) is 4.99 Å². The lowest BCUT2D eigenvalue weighted by Gasteiger charge is -2.04. The van der Waals surface area contributed by atoms with E-state index in [-0.39, 0.29) is 5.91 Å². The maximum atomic E-state index is 12.1. The lowest BCUT2D eigenvalue weighted by Crippen LogP contribution is -2.14. The second kappa shape index (κ2) is 4.93. The average molecular weight is 305 g/mol. The summed E-state index contributed by atoms with van der Waals surface area (Å²) in [5, 5.41) is 3.78. The summed E-state index contributed by atoms with van der Waals surface area (Å²) in [6, 6.07) is 10.7. The van der Waals surface area contributed by atoms with Crippen LogP contribution in [0.5, 0.6) is 0 Å². The Morgan fingerprint density at radius 3 is 2.55 bits per heavy atom. The van der Waals surface area contributed by atoms with Gasteiger partial charge < -0.3 is 5.32 Å². The van der Waals surface area contributed by atoms with Gasteiger partial charge in [-0.3, -0.25) is 4.79 Å². The normalized spacial score (nSPS) is 15.3. The van der Waals surface area contributed by atoms with E-state index >= 15 is 0 Å². The van der Waals surface area contributed by atoms with Gasteiger partial charge in [0.25, 0.3) is 5.91 Å². The number of para-hydroxylation sites is 1. The van der Waals surface area contributed by atoms with Crippen LogP contribution in [0.25, 0.3) is 0 Å². The van der Waals surface area contributed by atoms with Crippen LogP contribution < -0.4 is 5.32 Å². The molecule has 0 spiro atoms. The third-order valence-electron chi connectivity index (χ3n) is 3.14. The Hall–Kier alpha value is -1.84. The van der Waals surface area contributed by atoms with E-state index in [0.29, 0.717) is 32.7 Å². The van der Waals surface area contributed by atoms with Crippen molar-refractivity contribution < 1.29 is 4.79 Å². The molecule has 100 valence electrons. The molecule has 1 aliphatic rings. The van der Waals surface area contributed by atoms with Crippen LogP contribution in [-0.4, -0.2) is 11.6 Å². The van der Waals surface area contributed by atoms with E-state index in [1.807, 2.05) is 25.1 Å². The summed E-state index contributed by atoms with van der Waals surface area (Å²) in [7, 11) is 0. The molecule has 0 saturated heterocycles. The first-order valence-corrected chi connectivity index (χ1v) is 6.77. The first-order valence-electron chi connectivity index (χ1n) is 6.02. The zero-order valence-corrected chi connectivity index (χ0v) is 12.1. The summed E-state index contributed by atoms with van der Waals surface area (Å²) in [5.74, 6) is -0.267. The number of aliphatic imine (C=N–C) groups is 1. The molecular formula is C15H10Cl2N2O. The molecule has 5 heteroatoms. The van der Waals surface area contributed by atoms with Gasteiger partial charge in [-0.15, -0.1) is 0 Å². The number of amides is 1. The summed E-state index contributed by atoms with van der Waals surface area (Å²) < 4.78 is 0. The van der Waals surface area contributed by atoms with Gasteiger partial charge in [-0.2, -0.15) is 0 Å². The SMILES string of the molecule is Cc1ccc(Cl)c2c1NC(=O)C2=Nc1ccccc1Cl. The smallest absolute Gasteiger partial charge is 0.275 e. The maximum absolute atomic E-state index is 12.1. The molecule has 1 aliphatic heterocycles. The van der Waals surface area contributed by atoms with E-state index in [4.69, 9.17) is 23.2 Å². The largest absolute Gasteiger partial charge is 0.320 e. The van der Waals surface area contributed by atoms with E-state index in [9.17, 15) is 4.79 Å². The second-order valence-electron chi connectivity index (χ2n) is 4.48. The molecule has 1 N–H and O–H groups in total. The number of aryl methyl sites for hydroxylation is 1. The maximum Gasteiger partial charge on any atom is 0.275 e. The molecular weight excluding hydrogens is 295 g/mol. The fraction of sp³-hybridized carbons (Fsp3) is 0.0667. The van der Waals surface area contributed by atoms with Crippen LogP contribution in [0.2, 0.25) is 10.0 Å². The van der Waals surface area contributed by atoms with Gasteiger partial charge in [-0.1, -0.05) is 41.4 Å². The first-order chi connectivity index (χ1) is 9.58. The number of rotatable bonds is 1. The van der Waals surface area contributed by atoms with Gasteiger partial charge >= 0.3 is 0 Å². The lowest BCUT2D eigenvalue weighted by molar-refractivity contribution is -0.110. The van der Waals surface area contributed by atoms with Crippen LogP contribution in [0.3, 0.4) is 0 Å². The number of hydrogen-bond donors (Lipinski definition) is 1. The fourth-order valence-corrected chi connectivity index (χ4v) is 2.55.